The van der Waals surface area contributed by atoms with Gasteiger partial charge in [-0.2, -0.15) is 0 Å². The molecule has 1 unspecified atom stereocenters. The molecule has 2 aliphatic heterocycles. The number of carbonyl (C=O) groups is 2. The molecule has 1 fully saturated rings. The first kappa shape index (κ1) is 23.1. The maximum Gasteiger partial charge on any atom is 0.313 e. The fourth-order valence-corrected chi connectivity index (χ4v) is 4.40. The SMILES string of the molecule is CN1CCCc2cc(C(CNC(=O)C(=O)Nc3cc(F)ccc3F)N3CCOCC3)ccc21. The van der Waals surface area contributed by atoms with Gasteiger partial charge in [0, 0.05) is 45.0 Å². The van der Waals surface area contributed by atoms with Gasteiger partial charge in [-0.15, -0.1) is 0 Å². The minimum absolute atomic E-state index is 0.144. The van der Waals surface area contributed by atoms with E-state index in [1.807, 2.05) is 0 Å². The van der Waals surface area contributed by atoms with Crippen LogP contribution in [0.15, 0.2) is 36.4 Å². The molecule has 2 aromatic rings. The number of rotatable bonds is 5. The van der Waals surface area contributed by atoms with Crippen LogP contribution in [0.25, 0.3) is 0 Å². The molecule has 4 rings (SSSR count). The minimum Gasteiger partial charge on any atom is -0.379 e. The van der Waals surface area contributed by atoms with E-state index in [2.05, 4.69) is 45.7 Å². The molecule has 2 amide bonds. The molecule has 2 aromatic carbocycles. The van der Waals surface area contributed by atoms with Gasteiger partial charge < -0.3 is 20.3 Å². The lowest BCUT2D eigenvalue weighted by molar-refractivity contribution is -0.136. The molecule has 33 heavy (non-hydrogen) atoms. The summed E-state index contributed by atoms with van der Waals surface area (Å²) in [6.45, 7) is 3.83. The number of hydrogen-bond donors (Lipinski definition) is 2. The van der Waals surface area contributed by atoms with Crippen LogP contribution >= 0.6 is 0 Å². The molecule has 0 radical (unpaired) electrons. The standard InChI is InChI=1S/C24H28F2N4O3/c1-29-8-2-3-16-13-17(4-7-21(16)29)22(30-9-11-33-12-10-30)15-27-23(31)24(32)28-20-14-18(25)5-6-19(20)26/h4-7,13-14,22H,2-3,8-12,15H2,1H3,(H,27,31)(H,28,32). The van der Waals surface area contributed by atoms with E-state index in [0.29, 0.717) is 26.3 Å². The van der Waals surface area contributed by atoms with E-state index in [1.54, 1.807) is 0 Å². The Hall–Kier alpha value is -3.04. The van der Waals surface area contributed by atoms with E-state index in [1.165, 1.54) is 11.3 Å². The van der Waals surface area contributed by atoms with E-state index < -0.39 is 23.4 Å². The zero-order valence-electron chi connectivity index (χ0n) is 18.6. The predicted octanol–water partition coefficient (Wildman–Crippen LogP) is 2.48. The summed E-state index contributed by atoms with van der Waals surface area (Å²) in [5.74, 6) is -3.48. The summed E-state index contributed by atoms with van der Waals surface area (Å²) in [4.78, 5) is 29.2. The number of fused-ring (bicyclic) bond motifs is 1. The lowest BCUT2D eigenvalue weighted by Gasteiger charge is -2.36. The second-order valence-electron chi connectivity index (χ2n) is 8.37. The summed E-state index contributed by atoms with van der Waals surface area (Å²) in [5.41, 5.74) is 3.16. The normalized spacial score (nSPS) is 17.2. The van der Waals surface area contributed by atoms with Crippen molar-refractivity contribution in [2.45, 2.75) is 18.9 Å². The number of amides is 2. The molecule has 1 saturated heterocycles. The van der Waals surface area contributed by atoms with Crippen LogP contribution in [0.2, 0.25) is 0 Å². The monoisotopic (exact) mass is 458 g/mol. The van der Waals surface area contributed by atoms with Gasteiger partial charge >= 0.3 is 11.8 Å². The number of ether oxygens (including phenoxy) is 1. The van der Waals surface area contributed by atoms with E-state index in [0.717, 1.165) is 43.1 Å². The zero-order valence-corrected chi connectivity index (χ0v) is 18.6. The number of benzene rings is 2. The van der Waals surface area contributed by atoms with Crippen molar-refractivity contribution in [1.29, 1.82) is 0 Å². The van der Waals surface area contributed by atoms with Crippen LogP contribution in [0.1, 0.15) is 23.6 Å². The maximum absolute atomic E-state index is 13.8. The summed E-state index contributed by atoms with van der Waals surface area (Å²) in [6.07, 6.45) is 2.08. The third-order valence-corrected chi connectivity index (χ3v) is 6.16. The molecular formula is C24H28F2N4O3. The summed E-state index contributed by atoms with van der Waals surface area (Å²) in [6, 6.07) is 8.88. The first-order valence-electron chi connectivity index (χ1n) is 11.1. The molecule has 7 nitrogen and oxygen atoms in total. The Morgan fingerprint density at radius 3 is 2.64 bits per heavy atom. The fraction of sp³-hybridized carbons (Fsp3) is 0.417. The largest absolute Gasteiger partial charge is 0.379 e. The van der Waals surface area contributed by atoms with Crippen LogP contribution in [0.5, 0.6) is 0 Å². The maximum atomic E-state index is 13.8. The van der Waals surface area contributed by atoms with Gasteiger partial charge in [0.25, 0.3) is 0 Å². The molecule has 2 heterocycles. The van der Waals surface area contributed by atoms with Crippen molar-refractivity contribution in [3.8, 4) is 0 Å². The highest BCUT2D eigenvalue weighted by molar-refractivity contribution is 6.39. The Balaban J connectivity index is 1.47. The molecule has 0 spiro atoms. The topological polar surface area (TPSA) is 73.9 Å². The number of carbonyl (C=O) groups excluding carboxylic acids is 2. The summed E-state index contributed by atoms with van der Waals surface area (Å²) >= 11 is 0. The summed E-state index contributed by atoms with van der Waals surface area (Å²) in [5, 5.41) is 4.80. The lowest BCUT2D eigenvalue weighted by Crippen LogP contribution is -2.45. The van der Waals surface area contributed by atoms with Gasteiger partial charge in [-0.1, -0.05) is 12.1 Å². The fourth-order valence-electron chi connectivity index (χ4n) is 4.40. The van der Waals surface area contributed by atoms with Crippen molar-refractivity contribution in [2.75, 3.05) is 56.7 Å². The molecule has 0 saturated carbocycles. The van der Waals surface area contributed by atoms with Gasteiger partial charge in [0.15, 0.2) is 0 Å². The van der Waals surface area contributed by atoms with Crippen molar-refractivity contribution < 1.29 is 23.1 Å². The Kier molecular flexibility index (Phi) is 7.20. The van der Waals surface area contributed by atoms with Gasteiger partial charge in [0.05, 0.1) is 24.9 Å². The number of halogens is 2. The first-order chi connectivity index (χ1) is 15.9. The van der Waals surface area contributed by atoms with E-state index in [4.69, 9.17) is 4.74 Å². The Morgan fingerprint density at radius 2 is 1.85 bits per heavy atom. The highest BCUT2D eigenvalue weighted by Crippen LogP contribution is 2.31. The molecule has 1 atom stereocenters. The van der Waals surface area contributed by atoms with Crippen molar-refractivity contribution in [1.82, 2.24) is 10.2 Å². The van der Waals surface area contributed by atoms with Gasteiger partial charge in [-0.3, -0.25) is 14.5 Å². The van der Waals surface area contributed by atoms with Crippen LogP contribution in [-0.4, -0.2) is 63.2 Å². The van der Waals surface area contributed by atoms with Crippen molar-refractivity contribution in [3.05, 3.63) is 59.2 Å². The van der Waals surface area contributed by atoms with E-state index in [-0.39, 0.29) is 18.3 Å². The number of nitrogens with zero attached hydrogens (tertiary/aromatic N) is 2. The molecule has 176 valence electrons. The van der Waals surface area contributed by atoms with Gasteiger partial charge in [-0.25, -0.2) is 8.78 Å². The highest BCUT2D eigenvalue weighted by atomic mass is 19.1. The Morgan fingerprint density at radius 1 is 1.06 bits per heavy atom. The van der Waals surface area contributed by atoms with Crippen LogP contribution in [0.4, 0.5) is 20.2 Å². The molecule has 2 N–H and O–H groups in total. The zero-order chi connectivity index (χ0) is 23.4. The molecule has 0 aromatic heterocycles. The summed E-state index contributed by atoms with van der Waals surface area (Å²) < 4.78 is 32.6. The highest BCUT2D eigenvalue weighted by Gasteiger charge is 2.26. The van der Waals surface area contributed by atoms with Gasteiger partial charge in [0.1, 0.15) is 11.6 Å². The molecule has 2 aliphatic rings. The average Bonchev–Trinajstić information content (AvgIpc) is 2.82. The number of nitrogens with one attached hydrogen (secondary N) is 2. The second-order valence-corrected chi connectivity index (χ2v) is 8.37. The third-order valence-electron chi connectivity index (χ3n) is 6.16. The van der Waals surface area contributed by atoms with Gasteiger partial charge in [0.2, 0.25) is 0 Å². The molecule has 0 bridgehead atoms. The van der Waals surface area contributed by atoms with Crippen LogP contribution in [0, 0.1) is 11.6 Å². The van der Waals surface area contributed by atoms with Crippen LogP contribution in [-0.2, 0) is 20.7 Å². The number of anilines is 2. The first-order valence-corrected chi connectivity index (χ1v) is 11.1. The quantitative estimate of drug-likeness (QED) is 0.674. The lowest BCUT2D eigenvalue weighted by atomic mass is 9.95. The van der Waals surface area contributed by atoms with Crippen molar-refractivity contribution >= 4 is 23.2 Å². The number of aryl methyl sites for hydroxylation is 1. The number of hydrogen-bond acceptors (Lipinski definition) is 5. The van der Waals surface area contributed by atoms with Crippen molar-refractivity contribution in [3.63, 3.8) is 0 Å². The number of morpholine rings is 1. The Labute approximate surface area is 191 Å². The molecule has 9 heteroatoms. The average molecular weight is 459 g/mol. The predicted molar refractivity (Wildman–Crippen MR) is 121 cm³/mol. The molecule has 0 aliphatic carbocycles. The molecular weight excluding hydrogens is 430 g/mol. The van der Waals surface area contributed by atoms with Crippen LogP contribution in [0.3, 0.4) is 0 Å². The smallest absolute Gasteiger partial charge is 0.313 e. The third kappa shape index (κ3) is 5.48. The van der Waals surface area contributed by atoms with E-state index >= 15 is 0 Å². The summed E-state index contributed by atoms with van der Waals surface area (Å²) in [7, 11) is 2.08. The van der Waals surface area contributed by atoms with Crippen molar-refractivity contribution in [2.24, 2.45) is 0 Å². The van der Waals surface area contributed by atoms with E-state index in [9.17, 15) is 18.4 Å². The minimum atomic E-state index is -1.05. The van der Waals surface area contributed by atoms with Crippen LogP contribution < -0.4 is 15.5 Å². The Bertz CT molecular complexity index is 1030. The van der Waals surface area contributed by atoms with Gasteiger partial charge in [-0.05, 0) is 42.2 Å². The second kappa shape index (κ2) is 10.3.